The van der Waals surface area contributed by atoms with Gasteiger partial charge in [-0.2, -0.15) is 0 Å². The summed E-state index contributed by atoms with van der Waals surface area (Å²) in [6, 6.07) is 10.8. The third kappa shape index (κ3) is 2.97. The second kappa shape index (κ2) is 5.62. The van der Waals surface area contributed by atoms with E-state index in [1.54, 1.807) is 0 Å². The number of hydrogen-bond acceptors (Lipinski definition) is 1. The van der Waals surface area contributed by atoms with Crippen molar-refractivity contribution in [3.05, 3.63) is 30.3 Å². The monoisotopic (exact) mass is 287 g/mol. The molecule has 1 aromatic rings. The predicted octanol–water partition coefficient (Wildman–Crippen LogP) is 0.871. The van der Waals surface area contributed by atoms with Crippen LogP contribution in [-0.4, -0.2) is 32.3 Å². The van der Waals surface area contributed by atoms with E-state index >= 15 is 0 Å². The Morgan fingerprint density at radius 3 is 2.46 bits per heavy atom. The van der Waals surface area contributed by atoms with Gasteiger partial charge in [-0.1, -0.05) is 0 Å². The van der Waals surface area contributed by atoms with Gasteiger partial charge in [0.05, 0.1) is 0 Å². The molecule has 2 rings (SSSR count). The molecule has 2 nitrogen and oxygen atoms in total. The van der Waals surface area contributed by atoms with Crippen LogP contribution in [0.5, 0.6) is 0 Å². The van der Waals surface area contributed by atoms with Crippen LogP contribution in [0.4, 0.5) is 0 Å². The molecular weight excluding hydrogens is 271 g/mol. The first-order chi connectivity index (χ1) is 5.97. The number of hydrogen-bond donors (Lipinski definition) is 0. The first kappa shape index (κ1) is 11.0. The third-order valence-corrected chi connectivity index (χ3v) is 8.84. The Kier molecular flexibility index (Phi) is 4.76. The van der Waals surface area contributed by atoms with E-state index in [0.717, 1.165) is 6.61 Å². The SMILES string of the molecule is O.c1cc[c]([Sn]2[CH2]CCC[O]2)cc1. The summed E-state index contributed by atoms with van der Waals surface area (Å²) >= 11 is -1.54. The molecule has 0 bridgehead atoms. The normalized spacial score (nSPS) is 17.8. The molecule has 0 aromatic heterocycles. The quantitative estimate of drug-likeness (QED) is 0.706. The van der Waals surface area contributed by atoms with Crippen LogP contribution in [0, 0.1) is 0 Å². The molecule has 1 aliphatic heterocycles. The second-order valence-corrected chi connectivity index (χ2v) is 9.41. The van der Waals surface area contributed by atoms with E-state index in [-0.39, 0.29) is 5.48 Å². The molecule has 0 amide bonds. The predicted molar refractivity (Wildman–Crippen MR) is 55.4 cm³/mol. The first-order valence-corrected chi connectivity index (χ1v) is 9.12. The molecule has 0 saturated carbocycles. The van der Waals surface area contributed by atoms with Crippen LogP contribution in [0.2, 0.25) is 4.44 Å². The molecular formula is C10H15O2Sn. The van der Waals surface area contributed by atoms with Crippen molar-refractivity contribution in [3.63, 3.8) is 0 Å². The Labute approximate surface area is 86.5 Å². The van der Waals surface area contributed by atoms with Crippen LogP contribution in [0.15, 0.2) is 30.3 Å². The van der Waals surface area contributed by atoms with E-state index in [4.69, 9.17) is 3.07 Å². The van der Waals surface area contributed by atoms with E-state index in [2.05, 4.69) is 30.3 Å². The summed E-state index contributed by atoms with van der Waals surface area (Å²) in [4.78, 5) is 0. The van der Waals surface area contributed by atoms with Crippen molar-refractivity contribution in [1.29, 1.82) is 0 Å². The van der Waals surface area contributed by atoms with E-state index in [9.17, 15) is 0 Å². The van der Waals surface area contributed by atoms with E-state index < -0.39 is 20.2 Å². The molecule has 1 fully saturated rings. The van der Waals surface area contributed by atoms with E-state index in [0.29, 0.717) is 0 Å². The van der Waals surface area contributed by atoms with Gasteiger partial charge >= 0.3 is 81.0 Å². The molecule has 71 valence electrons. The van der Waals surface area contributed by atoms with Crippen molar-refractivity contribution >= 4 is 23.8 Å². The molecule has 1 radical (unpaired) electrons. The Morgan fingerprint density at radius 2 is 1.85 bits per heavy atom. The fourth-order valence-corrected chi connectivity index (χ4v) is 7.57. The Hall–Kier alpha value is -0.0613. The molecule has 0 spiro atoms. The van der Waals surface area contributed by atoms with Crippen LogP contribution >= 0.6 is 0 Å². The van der Waals surface area contributed by atoms with E-state index in [1.807, 2.05) is 0 Å². The summed E-state index contributed by atoms with van der Waals surface area (Å²) in [5.74, 6) is 0. The fraction of sp³-hybridized carbons (Fsp3) is 0.400. The van der Waals surface area contributed by atoms with Crippen LogP contribution in [0.1, 0.15) is 12.8 Å². The molecule has 1 saturated heterocycles. The molecule has 13 heavy (non-hydrogen) atoms. The topological polar surface area (TPSA) is 40.7 Å². The minimum absolute atomic E-state index is 0. The van der Waals surface area contributed by atoms with Crippen molar-refractivity contribution in [3.8, 4) is 0 Å². The van der Waals surface area contributed by atoms with Crippen molar-refractivity contribution < 1.29 is 8.55 Å². The van der Waals surface area contributed by atoms with Crippen LogP contribution < -0.4 is 3.58 Å². The van der Waals surface area contributed by atoms with Crippen molar-refractivity contribution in [2.24, 2.45) is 0 Å². The average molecular weight is 286 g/mol. The molecule has 0 aliphatic carbocycles. The van der Waals surface area contributed by atoms with Gasteiger partial charge in [-0.3, -0.25) is 0 Å². The Bertz CT molecular complexity index is 232. The molecule has 2 N–H and O–H groups in total. The average Bonchev–Trinajstić information content (AvgIpc) is 2.21. The molecule has 0 unspecified atom stereocenters. The second-order valence-electron chi connectivity index (χ2n) is 3.09. The Balaban J connectivity index is 0.000000845. The van der Waals surface area contributed by atoms with Crippen LogP contribution in [0.3, 0.4) is 0 Å². The van der Waals surface area contributed by atoms with Crippen LogP contribution in [-0.2, 0) is 3.07 Å². The van der Waals surface area contributed by atoms with Gasteiger partial charge in [0.25, 0.3) is 0 Å². The standard InChI is InChI=1S/C6H5.C4H8O.H2O.Sn/c1-2-4-6-5-3-1;1-2-3-4-5;;/h1-5H;1-4H2;1H2;/q;-1;;+1. The van der Waals surface area contributed by atoms with Crippen LogP contribution in [0.25, 0.3) is 0 Å². The van der Waals surface area contributed by atoms with E-state index in [1.165, 1.54) is 20.9 Å². The van der Waals surface area contributed by atoms with Crippen molar-refractivity contribution in [1.82, 2.24) is 0 Å². The maximum absolute atomic E-state index is 5.86. The van der Waals surface area contributed by atoms with Gasteiger partial charge in [0.2, 0.25) is 0 Å². The summed E-state index contributed by atoms with van der Waals surface area (Å²) in [7, 11) is 0. The summed E-state index contributed by atoms with van der Waals surface area (Å²) in [5.41, 5.74) is 0. The van der Waals surface area contributed by atoms with Crippen molar-refractivity contribution in [2.75, 3.05) is 6.61 Å². The van der Waals surface area contributed by atoms with Gasteiger partial charge in [-0.25, -0.2) is 0 Å². The third-order valence-electron chi connectivity index (χ3n) is 2.17. The molecule has 1 aliphatic rings. The zero-order valence-electron chi connectivity index (χ0n) is 7.62. The van der Waals surface area contributed by atoms with Gasteiger partial charge < -0.3 is 5.48 Å². The summed E-state index contributed by atoms with van der Waals surface area (Å²) in [5, 5.41) is 0. The summed E-state index contributed by atoms with van der Waals surface area (Å²) < 4.78 is 8.77. The zero-order chi connectivity index (χ0) is 8.23. The molecule has 1 heterocycles. The van der Waals surface area contributed by atoms with Crippen molar-refractivity contribution in [2.45, 2.75) is 17.3 Å². The summed E-state index contributed by atoms with van der Waals surface area (Å²) in [6.45, 7) is 1.02. The first-order valence-electron chi connectivity index (χ1n) is 4.51. The Morgan fingerprint density at radius 1 is 1.08 bits per heavy atom. The van der Waals surface area contributed by atoms with Gasteiger partial charge in [-0.05, 0) is 0 Å². The number of benzene rings is 1. The minimum atomic E-state index is -1.54. The van der Waals surface area contributed by atoms with Gasteiger partial charge in [-0.15, -0.1) is 0 Å². The summed E-state index contributed by atoms with van der Waals surface area (Å²) in [6.07, 6.45) is 2.67. The molecule has 1 aromatic carbocycles. The van der Waals surface area contributed by atoms with Gasteiger partial charge in [0.15, 0.2) is 0 Å². The fourth-order valence-electron chi connectivity index (χ4n) is 1.51. The maximum atomic E-state index is 5.86. The molecule has 0 atom stereocenters. The number of rotatable bonds is 1. The van der Waals surface area contributed by atoms with Gasteiger partial charge in [0.1, 0.15) is 0 Å². The molecule has 3 heteroatoms. The zero-order valence-corrected chi connectivity index (χ0v) is 10.5. The van der Waals surface area contributed by atoms with Gasteiger partial charge in [0, 0.05) is 0 Å².